The Hall–Kier alpha value is -1.26. The van der Waals surface area contributed by atoms with Gasteiger partial charge in [-0.05, 0) is 51.4 Å². The Bertz CT molecular complexity index is 416. The molecule has 2 rings (SSSR count). The highest BCUT2D eigenvalue weighted by Crippen LogP contribution is 2.39. The Morgan fingerprint density at radius 2 is 1.95 bits per heavy atom. The molecule has 0 radical (unpaired) electrons. The molecule has 1 aromatic carbocycles. The molecule has 4 N–H and O–H groups in total. The van der Waals surface area contributed by atoms with Gasteiger partial charge in [0.2, 0.25) is 0 Å². The van der Waals surface area contributed by atoms with Gasteiger partial charge in [-0.1, -0.05) is 12.5 Å². The highest BCUT2D eigenvalue weighted by molar-refractivity contribution is 5.45. The second kappa shape index (κ2) is 5.80. The fourth-order valence-corrected chi connectivity index (χ4v) is 3.29. The van der Waals surface area contributed by atoms with Gasteiger partial charge in [0.25, 0.3) is 0 Å². The Kier molecular flexibility index (Phi) is 4.32. The molecule has 1 aliphatic rings. The maximum absolute atomic E-state index is 9.97. The zero-order valence-electron chi connectivity index (χ0n) is 11.7. The van der Waals surface area contributed by atoms with E-state index < -0.39 is 0 Å². The smallest absolute Gasteiger partial charge is 0.124 e. The number of phenolic OH excluding ortho intramolecular Hbond substituents is 2. The van der Waals surface area contributed by atoms with Crippen molar-refractivity contribution in [3.8, 4) is 11.5 Å². The first kappa shape index (κ1) is 14.2. The van der Waals surface area contributed by atoms with Crippen LogP contribution in [-0.4, -0.2) is 34.7 Å². The summed E-state index contributed by atoms with van der Waals surface area (Å²) in [5.74, 6) is 0.823. The van der Waals surface area contributed by atoms with Crippen LogP contribution in [0.5, 0.6) is 11.5 Å². The van der Waals surface area contributed by atoms with Gasteiger partial charge < -0.3 is 15.9 Å². The van der Waals surface area contributed by atoms with E-state index in [0.717, 1.165) is 6.42 Å². The average molecular weight is 264 g/mol. The summed E-state index contributed by atoms with van der Waals surface area (Å²) in [6, 6.07) is 5.29. The monoisotopic (exact) mass is 264 g/mol. The summed E-state index contributed by atoms with van der Waals surface area (Å²) in [6.07, 6.45) is 3.51. The molecule has 4 nitrogen and oxygen atoms in total. The lowest BCUT2D eigenvalue weighted by molar-refractivity contribution is 0.148. The molecule has 1 aromatic rings. The minimum absolute atomic E-state index is 0.0293. The van der Waals surface area contributed by atoms with E-state index in [1.165, 1.54) is 12.8 Å². The number of nitrogens with two attached hydrogens (primary N) is 1. The maximum Gasteiger partial charge on any atom is 0.124 e. The molecular formula is C15H24N2O2. The van der Waals surface area contributed by atoms with Gasteiger partial charge in [0.15, 0.2) is 0 Å². The molecule has 3 unspecified atom stereocenters. The van der Waals surface area contributed by atoms with Crippen molar-refractivity contribution in [1.82, 2.24) is 4.90 Å². The maximum atomic E-state index is 9.97. The first-order valence-electron chi connectivity index (χ1n) is 6.99. The second-order valence-corrected chi connectivity index (χ2v) is 5.55. The molecule has 0 spiro atoms. The lowest BCUT2D eigenvalue weighted by atomic mass is 9.98. The van der Waals surface area contributed by atoms with Crippen LogP contribution in [0.2, 0.25) is 0 Å². The SMILES string of the molecule is CC(c1c(O)cccc1O)N(C)C1CCCC1CN. The van der Waals surface area contributed by atoms with Crippen molar-refractivity contribution in [1.29, 1.82) is 0 Å². The van der Waals surface area contributed by atoms with Crippen LogP contribution in [-0.2, 0) is 0 Å². The number of hydrogen-bond donors (Lipinski definition) is 3. The number of aromatic hydroxyl groups is 2. The molecule has 1 saturated carbocycles. The fourth-order valence-electron chi connectivity index (χ4n) is 3.29. The third kappa shape index (κ3) is 2.69. The zero-order chi connectivity index (χ0) is 14.0. The summed E-state index contributed by atoms with van der Waals surface area (Å²) in [7, 11) is 2.05. The van der Waals surface area contributed by atoms with E-state index >= 15 is 0 Å². The Labute approximate surface area is 114 Å². The summed E-state index contributed by atoms with van der Waals surface area (Å²) in [5, 5.41) is 19.9. The molecular weight excluding hydrogens is 240 g/mol. The van der Waals surface area contributed by atoms with Gasteiger partial charge in [-0.2, -0.15) is 0 Å². The normalized spacial score (nSPS) is 24.8. The van der Waals surface area contributed by atoms with Gasteiger partial charge in [0.05, 0.1) is 5.56 Å². The molecule has 0 aliphatic heterocycles. The summed E-state index contributed by atoms with van der Waals surface area (Å²) in [5.41, 5.74) is 6.44. The molecule has 106 valence electrons. The summed E-state index contributed by atoms with van der Waals surface area (Å²) in [6.45, 7) is 2.72. The van der Waals surface area contributed by atoms with Gasteiger partial charge in [0.1, 0.15) is 11.5 Å². The van der Waals surface area contributed by atoms with Crippen LogP contribution in [0.3, 0.4) is 0 Å². The number of phenols is 2. The predicted molar refractivity (Wildman–Crippen MR) is 76.1 cm³/mol. The molecule has 19 heavy (non-hydrogen) atoms. The van der Waals surface area contributed by atoms with Crippen molar-refractivity contribution in [3.05, 3.63) is 23.8 Å². The molecule has 4 heteroatoms. The largest absolute Gasteiger partial charge is 0.507 e. The second-order valence-electron chi connectivity index (χ2n) is 5.55. The van der Waals surface area contributed by atoms with Crippen LogP contribution in [0.4, 0.5) is 0 Å². The molecule has 3 atom stereocenters. The van der Waals surface area contributed by atoms with Crippen LogP contribution in [0.1, 0.15) is 37.8 Å². The molecule has 0 bridgehead atoms. The highest BCUT2D eigenvalue weighted by Gasteiger charge is 2.33. The van der Waals surface area contributed by atoms with Crippen LogP contribution >= 0.6 is 0 Å². The van der Waals surface area contributed by atoms with E-state index in [-0.39, 0.29) is 17.5 Å². The first-order valence-corrected chi connectivity index (χ1v) is 6.99. The Balaban J connectivity index is 2.21. The third-order valence-corrected chi connectivity index (χ3v) is 4.53. The molecule has 0 saturated heterocycles. The van der Waals surface area contributed by atoms with Crippen LogP contribution in [0, 0.1) is 5.92 Å². The van der Waals surface area contributed by atoms with Gasteiger partial charge >= 0.3 is 0 Å². The summed E-state index contributed by atoms with van der Waals surface area (Å²) < 4.78 is 0. The van der Waals surface area contributed by atoms with Gasteiger partial charge in [-0.25, -0.2) is 0 Å². The van der Waals surface area contributed by atoms with Gasteiger partial charge in [-0.15, -0.1) is 0 Å². The van der Waals surface area contributed by atoms with Crippen molar-refractivity contribution in [3.63, 3.8) is 0 Å². The van der Waals surface area contributed by atoms with E-state index in [1.807, 2.05) is 6.92 Å². The van der Waals surface area contributed by atoms with E-state index in [9.17, 15) is 10.2 Å². The van der Waals surface area contributed by atoms with Crippen molar-refractivity contribution < 1.29 is 10.2 Å². The number of rotatable bonds is 4. The molecule has 0 aromatic heterocycles. The van der Waals surface area contributed by atoms with Crippen molar-refractivity contribution in [2.75, 3.05) is 13.6 Å². The van der Waals surface area contributed by atoms with Crippen LogP contribution in [0.25, 0.3) is 0 Å². The third-order valence-electron chi connectivity index (χ3n) is 4.53. The lowest BCUT2D eigenvalue weighted by Crippen LogP contribution is -2.39. The molecule has 1 fully saturated rings. The fraction of sp³-hybridized carbons (Fsp3) is 0.600. The summed E-state index contributed by atoms with van der Waals surface area (Å²) in [4.78, 5) is 2.24. The van der Waals surface area contributed by atoms with Crippen molar-refractivity contribution in [2.24, 2.45) is 11.7 Å². The Morgan fingerprint density at radius 1 is 1.32 bits per heavy atom. The number of hydrogen-bond acceptors (Lipinski definition) is 4. The van der Waals surface area contributed by atoms with E-state index in [0.29, 0.717) is 24.1 Å². The van der Waals surface area contributed by atoms with Crippen LogP contribution < -0.4 is 5.73 Å². The zero-order valence-corrected chi connectivity index (χ0v) is 11.7. The average Bonchev–Trinajstić information content (AvgIpc) is 2.85. The van der Waals surface area contributed by atoms with Crippen LogP contribution in [0.15, 0.2) is 18.2 Å². The topological polar surface area (TPSA) is 69.7 Å². The van der Waals surface area contributed by atoms with Gasteiger partial charge in [-0.3, -0.25) is 4.90 Å². The van der Waals surface area contributed by atoms with Crippen molar-refractivity contribution in [2.45, 2.75) is 38.3 Å². The minimum Gasteiger partial charge on any atom is -0.507 e. The quantitative estimate of drug-likeness (QED) is 0.780. The van der Waals surface area contributed by atoms with Gasteiger partial charge in [0, 0.05) is 12.1 Å². The number of nitrogens with zero attached hydrogens (tertiary/aromatic N) is 1. The van der Waals surface area contributed by atoms with E-state index in [4.69, 9.17) is 5.73 Å². The first-order chi connectivity index (χ1) is 9.06. The summed E-state index contributed by atoms with van der Waals surface area (Å²) >= 11 is 0. The molecule has 0 amide bonds. The molecule has 0 heterocycles. The van der Waals surface area contributed by atoms with Crippen molar-refractivity contribution >= 4 is 0 Å². The minimum atomic E-state index is -0.0293. The molecule has 1 aliphatic carbocycles. The van der Waals surface area contributed by atoms with E-state index in [1.54, 1.807) is 18.2 Å². The van der Waals surface area contributed by atoms with E-state index in [2.05, 4.69) is 11.9 Å². The number of benzene rings is 1. The lowest BCUT2D eigenvalue weighted by Gasteiger charge is -2.34. The predicted octanol–water partition coefficient (Wildman–Crippen LogP) is 2.22. The standard InChI is InChI=1S/C15H24N2O2/c1-10(15-13(18)7-4-8-14(15)19)17(2)12-6-3-5-11(12)9-16/h4,7-8,10-12,18-19H,3,5-6,9,16H2,1-2H3. The Morgan fingerprint density at radius 3 is 2.53 bits per heavy atom. The highest BCUT2D eigenvalue weighted by atomic mass is 16.3.